The quantitative estimate of drug-likeness (QED) is 0.165. The third-order valence-electron chi connectivity index (χ3n) is 6.68. The molecule has 1 aromatic heterocycles. The summed E-state index contributed by atoms with van der Waals surface area (Å²) < 4.78 is 5.32. The molecule has 37 heavy (non-hydrogen) atoms. The number of nitrogens with one attached hydrogen (secondary N) is 1. The number of hydrogen-bond donors (Lipinski definition) is 2. The molecule has 6 rings (SSSR count). The second-order valence-electron chi connectivity index (χ2n) is 9.10. The number of phenolic OH excluding ortho intramolecular Hbond substituents is 1. The number of carbonyl (C=O) groups is 1. The van der Waals surface area contributed by atoms with Gasteiger partial charge in [-0.05, 0) is 65.1 Å². The van der Waals surface area contributed by atoms with Gasteiger partial charge in [-0.3, -0.25) is 4.79 Å². The third kappa shape index (κ3) is 3.72. The highest BCUT2D eigenvalue weighted by Crippen LogP contribution is 2.46. The molecule has 4 aromatic carbocycles. The van der Waals surface area contributed by atoms with Gasteiger partial charge in [-0.2, -0.15) is 0 Å². The standard InChI is InChI=1S/C30H24N4O3/c1-17(2)30(36)21-8-6-7-18-15-22-20(28(18)21)12-14-27(35)29(22)31-24-9-4-5-10-26(24)34-32-23-13-11-19(37-3)16-25(23)33-34/h4-14,16,31,35H,1,15H2,2-3H3. The van der Waals surface area contributed by atoms with Gasteiger partial charge >= 0.3 is 0 Å². The molecule has 5 aromatic rings. The van der Waals surface area contributed by atoms with Crippen LogP contribution in [-0.4, -0.2) is 33.0 Å². The molecular weight excluding hydrogens is 464 g/mol. The lowest BCUT2D eigenvalue weighted by atomic mass is 9.94. The largest absolute Gasteiger partial charge is 0.506 e. The molecule has 0 radical (unpaired) electrons. The number of ether oxygens (including phenoxy) is 1. The molecule has 0 atom stereocenters. The van der Waals surface area contributed by atoms with Crippen LogP contribution in [0.15, 0.2) is 84.9 Å². The Hall–Kier alpha value is -4.91. The summed E-state index contributed by atoms with van der Waals surface area (Å²) in [5.41, 5.74) is 8.40. The Morgan fingerprint density at radius 3 is 2.65 bits per heavy atom. The highest BCUT2D eigenvalue weighted by Gasteiger charge is 2.28. The first kappa shape index (κ1) is 22.5. The number of anilines is 2. The highest BCUT2D eigenvalue weighted by molar-refractivity contribution is 6.13. The average molecular weight is 489 g/mol. The summed E-state index contributed by atoms with van der Waals surface area (Å²) in [7, 11) is 1.62. The van der Waals surface area contributed by atoms with Gasteiger partial charge in [0.05, 0.1) is 18.5 Å². The molecule has 0 saturated heterocycles. The summed E-state index contributed by atoms with van der Waals surface area (Å²) in [5, 5.41) is 23.6. The summed E-state index contributed by atoms with van der Waals surface area (Å²) in [6.45, 7) is 5.56. The van der Waals surface area contributed by atoms with Crippen molar-refractivity contribution in [2.45, 2.75) is 13.3 Å². The van der Waals surface area contributed by atoms with Crippen molar-refractivity contribution in [3.63, 3.8) is 0 Å². The van der Waals surface area contributed by atoms with Gasteiger partial charge in [0.2, 0.25) is 0 Å². The first-order valence-corrected chi connectivity index (χ1v) is 11.9. The van der Waals surface area contributed by atoms with Crippen LogP contribution in [0.5, 0.6) is 11.5 Å². The van der Waals surface area contributed by atoms with Crippen molar-refractivity contribution in [2.24, 2.45) is 0 Å². The van der Waals surface area contributed by atoms with E-state index in [2.05, 4.69) is 22.1 Å². The van der Waals surface area contributed by atoms with Crippen LogP contribution in [0.3, 0.4) is 0 Å². The molecule has 7 nitrogen and oxygen atoms in total. The predicted octanol–water partition coefficient (Wildman–Crippen LogP) is 6.21. The van der Waals surface area contributed by atoms with Crippen molar-refractivity contribution < 1.29 is 14.6 Å². The molecule has 182 valence electrons. The fraction of sp³-hybridized carbons (Fsp3) is 0.100. The highest BCUT2D eigenvalue weighted by atomic mass is 16.5. The number of carbonyl (C=O) groups excluding carboxylic acids is 1. The Morgan fingerprint density at radius 1 is 1.03 bits per heavy atom. The van der Waals surface area contributed by atoms with E-state index in [1.165, 1.54) is 0 Å². The molecule has 0 aliphatic heterocycles. The van der Waals surface area contributed by atoms with Crippen LogP contribution in [0.25, 0.3) is 27.8 Å². The van der Waals surface area contributed by atoms with Crippen LogP contribution < -0.4 is 10.1 Å². The minimum absolute atomic E-state index is 0.0777. The summed E-state index contributed by atoms with van der Waals surface area (Å²) >= 11 is 0. The monoisotopic (exact) mass is 488 g/mol. The summed E-state index contributed by atoms with van der Waals surface area (Å²) in [6.07, 6.45) is 0.588. The predicted molar refractivity (Wildman–Crippen MR) is 144 cm³/mol. The Bertz CT molecular complexity index is 1730. The minimum Gasteiger partial charge on any atom is -0.506 e. The number of allylic oxidation sites excluding steroid dienone is 1. The number of nitrogens with zero attached hydrogens (tertiary/aromatic N) is 3. The Kier molecular flexibility index (Phi) is 5.26. The van der Waals surface area contributed by atoms with E-state index >= 15 is 0 Å². The summed E-state index contributed by atoms with van der Waals surface area (Å²) in [6, 6.07) is 22.5. The van der Waals surface area contributed by atoms with Crippen LogP contribution in [0.4, 0.5) is 11.4 Å². The van der Waals surface area contributed by atoms with Crippen LogP contribution in [-0.2, 0) is 6.42 Å². The van der Waals surface area contributed by atoms with Gasteiger partial charge in [0.15, 0.2) is 5.78 Å². The number of aromatic hydroxyl groups is 1. The maximum Gasteiger partial charge on any atom is 0.188 e. The molecule has 0 amide bonds. The number of para-hydroxylation sites is 2. The number of fused-ring (bicyclic) bond motifs is 4. The maximum atomic E-state index is 12.9. The lowest BCUT2D eigenvalue weighted by Crippen LogP contribution is -2.04. The number of rotatable bonds is 6. The molecule has 2 N–H and O–H groups in total. The Labute approximate surface area is 213 Å². The fourth-order valence-corrected chi connectivity index (χ4v) is 4.89. The van der Waals surface area contributed by atoms with Crippen LogP contribution >= 0.6 is 0 Å². The molecule has 1 aliphatic rings. The lowest BCUT2D eigenvalue weighted by Gasteiger charge is -2.16. The van der Waals surface area contributed by atoms with Gasteiger partial charge in [0.1, 0.15) is 28.2 Å². The minimum atomic E-state index is -0.0777. The van der Waals surface area contributed by atoms with Crippen LogP contribution in [0.2, 0.25) is 0 Å². The zero-order valence-corrected chi connectivity index (χ0v) is 20.4. The van der Waals surface area contributed by atoms with Crippen LogP contribution in [0, 0.1) is 0 Å². The van der Waals surface area contributed by atoms with Crippen molar-refractivity contribution in [2.75, 3.05) is 12.4 Å². The lowest BCUT2D eigenvalue weighted by molar-refractivity contribution is 0.103. The van der Waals surface area contributed by atoms with E-state index in [1.54, 1.807) is 24.9 Å². The molecule has 0 spiro atoms. The van der Waals surface area contributed by atoms with E-state index in [4.69, 9.17) is 4.74 Å². The van der Waals surface area contributed by atoms with Gasteiger partial charge < -0.3 is 15.2 Å². The van der Waals surface area contributed by atoms with Gasteiger partial charge in [0.25, 0.3) is 0 Å². The number of ketones is 1. The molecule has 0 saturated carbocycles. The van der Waals surface area contributed by atoms with E-state index in [0.29, 0.717) is 34.5 Å². The number of Topliss-reactive ketones (excluding diaryl/α,β-unsaturated/α-hetero) is 1. The fourth-order valence-electron chi connectivity index (χ4n) is 4.89. The van der Waals surface area contributed by atoms with Gasteiger partial charge in [-0.25, -0.2) is 0 Å². The van der Waals surface area contributed by atoms with Crippen LogP contribution in [0.1, 0.15) is 28.4 Å². The van der Waals surface area contributed by atoms with Crippen molar-refractivity contribution in [1.82, 2.24) is 15.0 Å². The summed E-state index contributed by atoms with van der Waals surface area (Å²) in [4.78, 5) is 14.5. The van der Waals surface area contributed by atoms with E-state index < -0.39 is 0 Å². The van der Waals surface area contributed by atoms with Crippen molar-refractivity contribution in [1.29, 1.82) is 0 Å². The number of benzene rings is 4. The number of methoxy groups -OCH3 is 1. The molecule has 1 aliphatic carbocycles. The number of phenols is 1. The van der Waals surface area contributed by atoms with Gasteiger partial charge in [-0.1, -0.05) is 43.0 Å². The zero-order chi connectivity index (χ0) is 25.7. The SMILES string of the molecule is C=C(C)C(=O)c1cccc2c1-c1ccc(O)c(Nc3ccccc3-n3nc4ccc(OC)cc4n3)c1C2. The van der Waals surface area contributed by atoms with Crippen molar-refractivity contribution >= 4 is 28.2 Å². The number of aromatic nitrogens is 3. The topological polar surface area (TPSA) is 89.3 Å². The normalized spacial score (nSPS) is 11.7. The van der Waals surface area contributed by atoms with E-state index in [9.17, 15) is 9.90 Å². The first-order valence-electron chi connectivity index (χ1n) is 11.9. The van der Waals surface area contributed by atoms with E-state index in [-0.39, 0.29) is 11.5 Å². The van der Waals surface area contributed by atoms with E-state index in [0.717, 1.165) is 39.1 Å². The maximum absolute atomic E-state index is 12.9. The average Bonchev–Trinajstić information content (AvgIpc) is 3.51. The Morgan fingerprint density at radius 2 is 1.84 bits per heavy atom. The third-order valence-corrected chi connectivity index (χ3v) is 6.68. The molecule has 0 fully saturated rings. The van der Waals surface area contributed by atoms with Crippen molar-refractivity contribution in [3.8, 4) is 28.3 Å². The first-order chi connectivity index (χ1) is 17.9. The summed E-state index contributed by atoms with van der Waals surface area (Å²) in [5.74, 6) is 0.753. The van der Waals surface area contributed by atoms with E-state index in [1.807, 2.05) is 66.7 Å². The zero-order valence-electron chi connectivity index (χ0n) is 20.4. The smallest absolute Gasteiger partial charge is 0.188 e. The second kappa shape index (κ2) is 8.64. The van der Waals surface area contributed by atoms with Gasteiger partial charge in [-0.15, -0.1) is 15.0 Å². The van der Waals surface area contributed by atoms with Gasteiger partial charge in [0, 0.05) is 18.1 Å². The molecule has 1 heterocycles. The molecule has 7 heteroatoms. The number of hydrogen-bond acceptors (Lipinski definition) is 6. The second-order valence-corrected chi connectivity index (χ2v) is 9.10. The van der Waals surface area contributed by atoms with Crippen molar-refractivity contribution in [3.05, 3.63) is 102 Å². The molecular formula is C30H24N4O3. The molecule has 0 unspecified atom stereocenters. The Balaban J connectivity index is 1.44. The molecule has 0 bridgehead atoms.